The van der Waals surface area contributed by atoms with Crippen LogP contribution in [0.25, 0.3) is 0 Å². The normalized spacial score (nSPS) is 18.0. The highest BCUT2D eigenvalue weighted by molar-refractivity contribution is 6.31. The van der Waals surface area contributed by atoms with Crippen molar-refractivity contribution in [2.75, 3.05) is 13.1 Å². The number of benzene rings is 2. The molecule has 1 heterocycles. The highest BCUT2D eigenvalue weighted by Gasteiger charge is 2.23. The van der Waals surface area contributed by atoms with E-state index in [-0.39, 0.29) is 0 Å². The molecule has 0 spiro atoms. The summed E-state index contributed by atoms with van der Waals surface area (Å²) < 4.78 is 0. The van der Waals surface area contributed by atoms with Crippen molar-refractivity contribution in [2.45, 2.75) is 31.9 Å². The van der Waals surface area contributed by atoms with Crippen LogP contribution in [0, 0.1) is 5.92 Å². The van der Waals surface area contributed by atoms with Crippen LogP contribution in [0.3, 0.4) is 0 Å². The largest absolute Gasteiger partial charge is 0.388 e. The van der Waals surface area contributed by atoms with Crippen molar-refractivity contribution in [3.8, 4) is 0 Å². The van der Waals surface area contributed by atoms with Crippen molar-refractivity contribution >= 4 is 11.6 Å². The van der Waals surface area contributed by atoms with Gasteiger partial charge in [-0.05, 0) is 55.5 Å². The topological polar surface area (TPSA) is 23.5 Å². The predicted octanol–water partition coefficient (Wildman–Crippen LogP) is 4.68. The first kappa shape index (κ1) is 16.5. The van der Waals surface area contributed by atoms with Gasteiger partial charge in [0.2, 0.25) is 0 Å². The Hall–Kier alpha value is -1.35. The molecule has 3 rings (SSSR count). The summed E-state index contributed by atoms with van der Waals surface area (Å²) in [6.45, 7) is 3.24. The lowest BCUT2D eigenvalue weighted by Gasteiger charge is -2.33. The Morgan fingerprint density at radius 1 is 1.00 bits per heavy atom. The van der Waals surface area contributed by atoms with Crippen LogP contribution in [0.1, 0.15) is 36.5 Å². The van der Waals surface area contributed by atoms with E-state index in [9.17, 15) is 5.11 Å². The summed E-state index contributed by atoms with van der Waals surface area (Å²) in [7, 11) is 0. The highest BCUT2D eigenvalue weighted by Crippen LogP contribution is 2.31. The number of hydrogen-bond donors (Lipinski definition) is 1. The minimum absolute atomic E-state index is 0.450. The van der Waals surface area contributed by atoms with Crippen molar-refractivity contribution in [1.29, 1.82) is 0 Å². The molecular weight excluding hydrogens is 306 g/mol. The number of rotatable bonds is 5. The molecule has 1 saturated heterocycles. The summed E-state index contributed by atoms with van der Waals surface area (Å²) in [4.78, 5) is 2.51. The molecule has 2 aromatic rings. The lowest BCUT2D eigenvalue weighted by Crippen LogP contribution is -2.33. The third kappa shape index (κ3) is 4.57. The summed E-state index contributed by atoms with van der Waals surface area (Å²) in [6, 6.07) is 18.3. The minimum atomic E-state index is -0.450. The first-order valence-corrected chi connectivity index (χ1v) is 8.79. The molecule has 0 radical (unpaired) electrons. The van der Waals surface area contributed by atoms with Crippen LogP contribution in [0.15, 0.2) is 54.6 Å². The first-order valence-electron chi connectivity index (χ1n) is 8.41. The Labute approximate surface area is 143 Å². The molecule has 1 aliphatic rings. The van der Waals surface area contributed by atoms with Gasteiger partial charge in [0.25, 0.3) is 0 Å². The van der Waals surface area contributed by atoms with Crippen LogP contribution >= 0.6 is 11.6 Å². The molecule has 23 heavy (non-hydrogen) atoms. The second-order valence-corrected chi connectivity index (χ2v) is 6.89. The van der Waals surface area contributed by atoms with Gasteiger partial charge in [0.05, 0.1) is 6.10 Å². The average Bonchev–Trinajstić information content (AvgIpc) is 2.58. The lowest BCUT2D eigenvalue weighted by atomic mass is 9.89. The minimum Gasteiger partial charge on any atom is -0.388 e. The Morgan fingerprint density at radius 3 is 2.35 bits per heavy atom. The third-order valence-electron chi connectivity index (χ3n) is 4.78. The van der Waals surface area contributed by atoms with E-state index in [1.165, 1.54) is 5.56 Å². The maximum absolute atomic E-state index is 10.5. The van der Waals surface area contributed by atoms with E-state index in [2.05, 4.69) is 35.2 Å². The van der Waals surface area contributed by atoms with Crippen LogP contribution in [0.2, 0.25) is 5.02 Å². The monoisotopic (exact) mass is 329 g/mol. The molecular formula is C20H24ClNO. The number of hydrogen-bond acceptors (Lipinski definition) is 2. The van der Waals surface area contributed by atoms with Crippen LogP contribution < -0.4 is 0 Å². The Kier molecular flexibility index (Phi) is 5.71. The van der Waals surface area contributed by atoms with Crippen LogP contribution in [0.5, 0.6) is 0 Å². The molecule has 2 aromatic carbocycles. The van der Waals surface area contributed by atoms with E-state index in [0.717, 1.165) is 44.5 Å². The zero-order chi connectivity index (χ0) is 16.1. The summed E-state index contributed by atoms with van der Waals surface area (Å²) in [6.07, 6.45) is 2.65. The zero-order valence-corrected chi connectivity index (χ0v) is 14.1. The molecule has 0 saturated carbocycles. The van der Waals surface area contributed by atoms with Gasteiger partial charge in [-0.2, -0.15) is 0 Å². The molecule has 1 N–H and O–H groups in total. The van der Waals surface area contributed by atoms with E-state index in [1.807, 2.05) is 24.3 Å². The maximum Gasteiger partial charge on any atom is 0.0807 e. The molecule has 0 amide bonds. The van der Waals surface area contributed by atoms with E-state index in [1.54, 1.807) is 0 Å². The van der Waals surface area contributed by atoms with E-state index in [0.29, 0.717) is 10.9 Å². The molecule has 1 fully saturated rings. The third-order valence-corrected chi connectivity index (χ3v) is 5.12. The fourth-order valence-corrected chi connectivity index (χ4v) is 3.67. The SMILES string of the molecule is OC(CC1CCN(Cc2ccccc2)CC1)c1ccccc1Cl. The van der Waals surface area contributed by atoms with Crippen LogP contribution in [-0.4, -0.2) is 23.1 Å². The fourth-order valence-electron chi connectivity index (χ4n) is 3.41. The fraction of sp³-hybridized carbons (Fsp3) is 0.400. The number of piperidine rings is 1. The summed E-state index contributed by atoms with van der Waals surface area (Å²) >= 11 is 6.18. The molecule has 2 nitrogen and oxygen atoms in total. The van der Waals surface area contributed by atoms with Gasteiger partial charge < -0.3 is 5.11 Å². The second-order valence-electron chi connectivity index (χ2n) is 6.48. The van der Waals surface area contributed by atoms with Crippen LogP contribution in [-0.2, 0) is 6.54 Å². The standard InChI is InChI=1S/C20H24ClNO/c21-19-9-5-4-8-18(19)20(23)14-16-10-12-22(13-11-16)15-17-6-2-1-3-7-17/h1-9,16,20,23H,10-15H2. The summed E-state index contributed by atoms with van der Waals surface area (Å²) in [5, 5.41) is 11.1. The number of aliphatic hydroxyl groups excluding tert-OH is 1. The van der Waals surface area contributed by atoms with Gasteiger partial charge in [-0.15, -0.1) is 0 Å². The molecule has 0 aliphatic carbocycles. The number of nitrogens with zero attached hydrogens (tertiary/aromatic N) is 1. The Morgan fingerprint density at radius 2 is 1.65 bits per heavy atom. The van der Waals surface area contributed by atoms with Crippen LogP contribution in [0.4, 0.5) is 0 Å². The van der Waals surface area contributed by atoms with Crippen molar-refractivity contribution in [3.05, 3.63) is 70.7 Å². The van der Waals surface area contributed by atoms with Crippen molar-refractivity contribution in [2.24, 2.45) is 5.92 Å². The van der Waals surface area contributed by atoms with Gasteiger partial charge in [-0.25, -0.2) is 0 Å². The molecule has 1 aliphatic heterocycles. The van der Waals surface area contributed by atoms with Gasteiger partial charge >= 0.3 is 0 Å². The Balaban J connectivity index is 1.48. The van der Waals surface area contributed by atoms with Crippen molar-refractivity contribution in [3.63, 3.8) is 0 Å². The lowest BCUT2D eigenvalue weighted by molar-refractivity contribution is 0.106. The zero-order valence-electron chi connectivity index (χ0n) is 13.4. The highest BCUT2D eigenvalue weighted by atomic mass is 35.5. The average molecular weight is 330 g/mol. The maximum atomic E-state index is 10.5. The van der Waals surface area contributed by atoms with E-state index >= 15 is 0 Å². The van der Waals surface area contributed by atoms with Crippen molar-refractivity contribution in [1.82, 2.24) is 4.90 Å². The van der Waals surface area contributed by atoms with Gasteiger partial charge in [0.1, 0.15) is 0 Å². The predicted molar refractivity (Wildman–Crippen MR) is 95.5 cm³/mol. The second kappa shape index (κ2) is 7.96. The first-order chi connectivity index (χ1) is 11.2. The van der Waals surface area contributed by atoms with E-state index in [4.69, 9.17) is 11.6 Å². The van der Waals surface area contributed by atoms with Crippen molar-refractivity contribution < 1.29 is 5.11 Å². The summed E-state index contributed by atoms with van der Waals surface area (Å²) in [5.74, 6) is 0.577. The molecule has 0 bridgehead atoms. The smallest absolute Gasteiger partial charge is 0.0807 e. The van der Waals surface area contributed by atoms with Gasteiger partial charge in [0.15, 0.2) is 0 Å². The molecule has 3 heteroatoms. The summed E-state index contributed by atoms with van der Waals surface area (Å²) in [5.41, 5.74) is 2.24. The van der Waals surface area contributed by atoms with Gasteiger partial charge in [-0.1, -0.05) is 60.1 Å². The Bertz CT molecular complexity index is 608. The van der Waals surface area contributed by atoms with E-state index < -0.39 is 6.10 Å². The molecule has 0 aromatic heterocycles. The number of aliphatic hydroxyl groups is 1. The molecule has 1 atom stereocenters. The quantitative estimate of drug-likeness (QED) is 0.861. The molecule has 122 valence electrons. The molecule has 1 unspecified atom stereocenters. The van der Waals surface area contributed by atoms with Gasteiger partial charge in [-0.3, -0.25) is 4.90 Å². The number of halogens is 1. The van der Waals surface area contributed by atoms with Gasteiger partial charge in [0, 0.05) is 11.6 Å². The number of likely N-dealkylation sites (tertiary alicyclic amines) is 1.